The number of nitrogens with two attached hydrogens (primary N) is 1. The molecular weight excluding hydrogens is 409 g/mol. The first-order chi connectivity index (χ1) is 14.2. The number of ether oxygens (including phenoxy) is 1. The Kier molecular flexibility index (Phi) is 4.41. The molecule has 8 nitrogen and oxygen atoms in total. The van der Waals surface area contributed by atoms with Gasteiger partial charge in [0.15, 0.2) is 15.6 Å². The summed E-state index contributed by atoms with van der Waals surface area (Å²) >= 11 is 0. The van der Waals surface area contributed by atoms with E-state index in [4.69, 9.17) is 9.88 Å². The molecule has 1 aromatic carbocycles. The van der Waals surface area contributed by atoms with Gasteiger partial charge in [0.2, 0.25) is 5.88 Å². The third-order valence-corrected chi connectivity index (χ3v) is 7.33. The van der Waals surface area contributed by atoms with Gasteiger partial charge in [-0.3, -0.25) is 0 Å². The molecule has 2 aliphatic carbocycles. The van der Waals surface area contributed by atoms with Crippen LogP contribution in [0.25, 0.3) is 0 Å². The van der Waals surface area contributed by atoms with Crippen molar-refractivity contribution in [2.75, 3.05) is 11.9 Å². The summed E-state index contributed by atoms with van der Waals surface area (Å²) in [5.74, 6) is 0.0932. The van der Waals surface area contributed by atoms with Crippen molar-refractivity contribution >= 4 is 21.6 Å². The fraction of sp³-hybridized carbons (Fsp3) is 0.500. The van der Waals surface area contributed by atoms with Gasteiger partial charge in [0, 0.05) is 5.69 Å². The van der Waals surface area contributed by atoms with Crippen molar-refractivity contribution in [3.05, 3.63) is 34.5 Å². The highest BCUT2D eigenvalue weighted by atomic mass is 32.2. The number of urea groups is 1. The Balaban J connectivity index is 1.47. The monoisotopic (exact) mass is 433 g/mol. The van der Waals surface area contributed by atoms with Gasteiger partial charge < -0.3 is 10.1 Å². The summed E-state index contributed by atoms with van der Waals surface area (Å²) in [4.78, 5) is 12.7. The van der Waals surface area contributed by atoms with Crippen LogP contribution >= 0.6 is 0 Å². The van der Waals surface area contributed by atoms with Crippen molar-refractivity contribution in [2.45, 2.75) is 62.6 Å². The van der Waals surface area contributed by atoms with Gasteiger partial charge in [0.05, 0.1) is 12.7 Å². The summed E-state index contributed by atoms with van der Waals surface area (Å²) in [5, 5.41) is 12.8. The number of hydrogen-bond donors (Lipinski definition) is 2. The average Bonchev–Trinajstić information content (AvgIpc) is 3.38. The first-order valence-electron chi connectivity index (χ1n) is 10.1. The zero-order valence-electron chi connectivity index (χ0n) is 16.7. The Labute approximate surface area is 174 Å². The number of anilines is 1. The van der Waals surface area contributed by atoms with Crippen molar-refractivity contribution in [3.63, 3.8) is 0 Å². The lowest BCUT2D eigenvalue weighted by Gasteiger charge is -2.27. The maximum atomic E-state index is 14.2. The number of alkyl halides is 1. The second-order valence-electron chi connectivity index (χ2n) is 8.50. The van der Waals surface area contributed by atoms with Gasteiger partial charge in [-0.2, -0.15) is 5.10 Å². The normalized spacial score (nSPS) is 23.7. The molecule has 0 fully saturated rings. The number of aryl methyl sites for hydroxylation is 2. The number of hydrogen-bond acceptors (Lipinski definition) is 4. The number of carbonyl (C=O) groups excluding carboxylic acids is 1. The highest BCUT2D eigenvalue weighted by molar-refractivity contribution is 7.91. The molecule has 5 rings (SSSR count). The van der Waals surface area contributed by atoms with Crippen LogP contribution in [0.15, 0.2) is 21.5 Å². The summed E-state index contributed by atoms with van der Waals surface area (Å²) in [6.45, 7) is 1.13. The maximum absolute atomic E-state index is 14.2. The molecule has 1 aromatic heterocycles. The lowest BCUT2D eigenvalue weighted by atomic mass is 9.99. The molecule has 2 amide bonds. The fourth-order valence-corrected chi connectivity index (χ4v) is 5.66. The molecule has 160 valence electrons. The van der Waals surface area contributed by atoms with Crippen molar-refractivity contribution in [1.82, 2.24) is 9.78 Å². The van der Waals surface area contributed by atoms with Crippen LogP contribution in [-0.2, 0) is 42.1 Å². The maximum Gasteiger partial charge on any atom is 0.354 e. The van der Waals surface area contributed by atoms with Crippen LogP contribution in [0, 0.1) is 0 Å². The standard InChI is InChI=1S/C20H24FN5O3S/c1-20(21)10-26-18(29-11-20)16(9-23-26)30(22,28)25-19(27)24-17-14-6-2-4-12(14)8-13-5-3-7-15(13)17/h8-9H,2-7,10-11H2,1H3,(H3,22,24,25,27,28)/t20-,30-/m0/s1. The Morgan fingerprint density at radius 2 is 1.97 bits per heavy atom. The average molecular weight is 434 g/mol. The van der Waals surface area contributed by atoms with E-state index in [0.29, 0.717) is 0 Å². The summed E-state index contributed by atoms with van der Waals surface area (Å²) in [6, 6.07) is 1.50. The Morgan fingerprint density at radius 3 is 2.63 bits per heavy atom. The first-order valence-corrected chi connectivity index (χ1v) is 11.7. The third kappa shape index (κ3) is 3.27. The number of halogens is 1. The van der Waals surface area contributed by atoms with Crippen LogP contribution in [0.3, 0.4) is 0 Å². The minimum atomic E-state index is -3.61. The van der Waals surface area contributed by atoms with E-state index in [-0.39, 0.29) is 23.9 Å². The van der Waals surface area contributed by atoms with E-state index in [0.717, 1.165) is 55.3 Å². The van der Waals surface area contributed by atoms with E-state index in [9.17, 15) is 13.4 Å². The number of nitrogens with one attached hydrogen (secondary N) is 1. The highest BCUT2D eigenvalue weighted by Crippen LogP contribution is 2.39. The van der Waals surface area contributed by atoms with Crippen molar-refractivity contribution in [3.8, 4) is 5.88 Å². The third-order valence-electron chi connectivity index (χ3n) is 5.99. The number of amides is 2. The Bertz CT molecular complexity index is 1150. The predicted molar refractivity (Wildman–Crippen MR) is 110 cm³/mol. The van der Waals surface area contributed by atoms with Crippen LogP contribution in [0.2, 0.25) is 0 Å². The van der Waals surface area contributed by atoms with E-state index in [1.165, 1.54) is 28.9 Å². The largest absolute Gasteiger partial charge is 0.473 e. The molecule has 2 aromatic rings. The molecule has 0 saturated heterocycles. The molecule has 1 aliphatic heterocycles. The van der Waals surface area contributed by atoms with E-state index in [2.05, 4.69) is 20.8 Å². The number of aromatic nitrogens is 2. The first kappa shape index (κ1) is 19.5. The predicted octanol–water partition coefficient (Wildman–Crippen LogP) is 2.91. The number of rotatable bonds is 2. The van der Waals surface area contributed by atoms with Crippen molar-refractivity contribution in [1.29, 1.82) is 0 Å². The number of carbonyl (C=O) groups is 1. The lowest BCUT2D eigenvalue weighted by Crippen LogP contribution is -2.38. The van der Waals surface area contributed by atoms with Crippen molar-refractivity contribution < 1.29 is 18.1 Å². The molecule has 0 saturated carbocycles. The molecule has 10 heteroatoms. The molecule has 2 atom stereocenters. The van der Waals surface area contributed by atoms with Gasteiger partial charge in [0.25, 0.3) is 0 Å². The summed E-state index contributed by atoms with van der Waals surface area (Å²) in [7, 11) is -3.61. The zero-order chi connectivity index (χ0) is 21.1. The number of nitrogens with zero attached hydrogens (tertiary/aromatic N) is 3. The van der Waals surface area contributed by atoms with Gasteiger partial charge in [-0.05, 0) is 67.7 Å². The molecule has 2 heterocycles. The molecule has 0 bridgehead atoms. The van der Waals surface area contributed by atoms with Crippen LogP contribution in [0.4, 0.5) is 14.9 Å². The van der Waals surface area contributed by atoms with Crippen LogP contribution in [-0.4, -0.2) is 32.3 Å². The molecular formula is C20H24FN5O3S. The van der Waals surface area contributed by atoms with Gasteiger partial charge in [-0.1, -0.05) is 6.07 Å². The summed E-state index contributed by atoms with van der Waals surface area (Å²) < 4.78 is 37.6. The molecule has 30 heavy (non-hydrogen) atoms. The number of benzene rings is 1. The second kappa shape index (κ2) is 6.78. The van der Waals surface area contributed by atoms with Crippen molar-refractivity contribution in [2.24, 2.45) is 9.50 Å². The van der Waals surface area contributed by atoms with E-state index in [1.54, 1.807) is 0 Å². The van der Waals surface area contributed by atoms with Crippen LogP contribution in [0.5, 0.6) is 5.88 Å². The molecule has 0 radical (unpaired) electrons. The zero-order valence-corrected chi connectivity index (χ0v) is 17.6. The molecule has 3 N–H and O–H groups in total. The second-order valence-corrected chi connectivity index (χ2v) is 10.3. The minimum Gasteiger partial charge on any atom is -0.473 e. The molecule has 0 spiro atoms. The quantitative estimate of drug-likeness (QED) is 0.758. The van der Waals surface area contributed by atoms with Crippen LogP contribution in [0.1, 0.15) is 42.0 Å². The number of fused-ring (bicyclic) bond motifs is 3. The van der Waals surface area contributed by atoms with E-state index in [1.807, 2.05) is 0 Å². The van der Waals surface area contributed by atoms with E-state index < -0.39 is 21.6 Å². The van der Waals surface area contributed by atoms with Gasteiger partial charge in [-0.15, -0.1) is 4.36 Å². The molecule has 0 unspecified atom stereocenters. The van der Waals surface area contributed by atoms with Gasteiger partial charge >= 0.3 is 6.03 Å². The van der Waals surface area contributed by atoms with Crippen LogP contribution < -0.4 is 15.2 Å². The topological polar surface area (TPSA) is 112 Å². The van der Waals surface area contributed by atoms with Gasteiger partial charge in [-0.25, -0.2) is 23.2 Å². The summed E-state index contributed by atoms with van der Waals surface area (Å²) in [6.07, 6.45) is 7.16. The smallest absolute Gasteiger partial charge is 0.354 e. The SMILES string of the molecule is C[C@@]1(F)COc2c([S@@](N)(=O)=NC(=O)Nc3c4c(cc5c3CCC5)CCC4)cnn2C1. The Hall–Kier alpha value is -2.46. The lowest BCUT2D eigenvalue weighted by molar-refractivity contribution is 0.0411. The van der Waals surface area contributed by atoms with Gasteiger partial charge in [0.1, 0.15) is 11.5 Å². The molecule has 3 aliphatic rings. The highest BCUT2D eigenvalue weighted by Gasteiger charge is 2.35. The fourth-order valence-electron chi connectivity index (χ4n) is 4.66. The van der Waals surface area contributed by atoms with E-state index >= 15 is 0 Å². The Morgan fingerprint density at radius 1 is 1.30 bits per heavy atom. The minimum absolute atomic E-state index is 0.00308. The summed E-state index contributed by atoms with van der Waals surface area (Å²) in [5.41, 5.74) is 4.06.